The molecule has 0 atom stereocenters. The molecule has 1 aliphatic rings. The quantitative estimate of drug-likeness (QED) is 0.761. The van der Waals surface area contributed by atoms with Gasteiger partial charge >= 0.3 is 0 Å². The fourth-order valence-electron chi connectivity index (χ4n) is 1.73. The van der Waals surface area contributed by atoms with Crippen LogP contribution in [0.5, 0.6) is 0 Å². The van der Waals surface area contributed by atoms with Gasteiger partial charge in [-0.15, -0.1) is 0 Å². The molecule has 0 spiro atoms. The fourth-order valence-corrected chi connectivity index (χ4v) is 1.73. The minimum atomic E-state index is 0.108. The van der Waals surface area contributed by atoms with E-state index in [-0.39, 0.29) is 11.9 Å². The number of carbonyl (C=O) groups is 1. The number of amides is 1. The molecule has 1 aliphatic heterocycles. The number of hydrogen-bond donors (Lipinski definition) is 2. The van der Waals surface area contributed by atoms with E-state index in [1.807, 2.05) is 13.8 Å². The Morgan fingerprint density at radius 1 is 1.38 bits per heavy atom. The summed E-state index contributed by atoms with van der Waals surface area (Å²) in [5.74, 6) is 1.19. The van der Waals surface area contributed by atoms with Crippen molar-refractivity contribution >= 4 is 11.7 Å². The Hall–Kier alpha value is -1.06. The van der Waals surface area contributed by atoms with Crippen molar-refractivity contribution in [2.24, 2.45) is 4.99 Å². The highest BCUT2D eigenvalue weighted by atomic mass is 16.1. The highest BCUT2D eigenvalue weighted by Crippen LogP contribution is 2.05. The van der Waals surface area contributed by atoms with Gasteiger partial charge in [-0.2, -0.15) is 0 Å². The molecule has 0 aromatic rings. The van der Waals surface area contributed by atoms with Gasteiger partial charge in [0.1, 0.15) is 0 Å². The summed E-state index contributed by atoms with van der Waals surface area (Å²) in [7, 11) is 0. The molecular formula is C12H23N3O. The highest BCUT2D eigenvalue weighted by molar-refractivity contribution is 5.83. The highest BCUT2D eigenvalue weighted by Gasteiger charge is 2.05. The Bertz CT molecular complexity index is 249. The molecule has 0 aromatic carbocycles. The number of nitrogens with one attached hydrogen (secondary N) is 2. The first-order valence-corrected chi connectivity index (χ1v) is 6.25. The molecule has 0 radical (unpaired) electrons. The first-order valence-electron chi connectivity index (χ1n) is 6.25. The molecule has 0 unspecified atom stereocenters. The van der Waals surface area contributed by atoms with E-state index in [0.29, 0.717) is 13.0 Å². The Labute approximate surface area is 97.9 Å². The van der Waals surface area contributed by atoms with Gasteiger partial charge < -0.3 is 10.6 Å². The minimum Gasteiger partial charge on any atom is -0.373 e. The van der Waals surface area contributed by atoms with Crippen molar-refractivity contribution in [3.63, 3.8) is 0 Å². The van der Waals surface area contributed by atoms with Crippen molar-refractivity contribution in [2.45, 2.75) is 52.0 Å². The summed E-state index contributed by atoms with van der Waals surface area (Å²) in [5, 5.41) is 6.13. The lowest BCUT2D eigenvalue weighted by Gasteiger charge is -2.10. The normalized spacial score (nSPS) is 16.6. The van der Waals surface area contributed by atoms with Crippen LogP contribution in [0.2, 0.25) is 0 Å². The van der Waals surface area contributed by atoms with Crippen LogP contribution in [0.15, 0.2) is 4.99 Å². The molecule has 0 fully saturated rings. The lowest BCUT2D eigenvalue weighted by atomic mass is 10.2. The molecule has 0 bridgehead atoms. The number of aliphatic imine (C=N–C) groups is 1. The maximum Gasteiger partial charge on any atom is 0.221 e. The Balaban J connectivity index is 2.14. The van der Waals surface area contributed by atoms with Crippen molar-refractivity contribution in [3.8, 4) is 0 Å². The predicted octanol–water partition coefficient (Wildman–Crippen LogP) is 1.46. The molecule has 0 saturated heterocycles. The standard InChI is InChI=1S/C12H23N3O/c1-10(2)15-12(16)7-9-14-11-6-4-3-5-8-13-11/h10H,3-9H2,1-2H3,(H,13,14)(H,15,16). The van der Waals surface area contributed by atoms with E-state index in [1.54, 1.807) is 0 Å². The van der Waals surface area contributed by atoms with Crippen LogP contribution in [0.3, 0.4) is 0 Å². The Morgan fingerprint density at radius 3 is 2.94 bits per heavy atom. The first-order chi connectivity index (χ1) is 7.68. The lowest BCUT2D eigenvalue weighted by molar-refractivity contribution is -0.121. The minimum absolute atomic E-state index is 0.108. The predicted molar refractivity (Wildman–Crippen MR) is 66.7 cm³/mol. The maximum atomic E-state index is 11.4. The van der Waals surface area contributed by atoms with Crippen LogP contribution in [0.4, 0.5) is 0 Å². The molecule has 92 valence electrons. The number of nitrogens with zero attached hydrogens (tertiary/aromatic N) is 1. The summed E-state index contributed by atoms with van der Waals surface area (Å²) in [5.41, 5.74) is 0. The third kappa shape index (κ3) is 5.73. The van der Waals surface area contributed by atoms with E-state index in [0.717, 1.165) is 18.8 Å². The van der Waals surface area contributed by atoms with Gasteiger partial charge in [0.05, 0.1) is 5.84 Å². The largest absolute Gasteiger partial charge is 0.373 e. The molecule has 4 heteroatoms. The Kier molecular flexibility index (Phi) is 5.90. The van der Waals surface area contributed by atoms with Crippen LogP contribution in [-0.4, -0.2) is 30.9 Å². The average Bonchev–Trinajstić information content (AvgIpc) is 2.45. The van der Waals surface area contributed by atoms with Crippen LogP contribution >= 0.6 is 0 Å². The van der Waals surface area contributed by atoms with Crippen LogP contribution < -0.4 is 10.6 Å². The van der Waals surface area contributed by atoms with Crippen LogP contribution in [0.1, 0.15) is 46.0 Å². The van der Waals surface area contributed by atoms with Crippen LogP contribution in [-0.2, 0) is 4.79 Å². The van der Waals surface area contributed by atoms with Gasteiger partial charge in [-0.05, 0) is 26.7 Å². The number of hydrogen-bond acceptors (Lipinski definition) is 3. The third-order valence-electron chi connectivity index (χ3n) is 2.51. The zero-order valence-electron chi connectivity index (χ0n) is 10.4. The average molecular weight is 225 g/mol. The SMILES string of the molecule is CC(C)NC(=O)CCNC1=NCCCCC1. The number of carbonyl (C=O) groups excluding carboxylic acids is 1. The number of rotatable bonds is 4. The summed E-state index contributed by atoms with van der Waals surface area (Å²) < 4.78 is 0. The molecule has 0 aromatic heterocycles. The second kappa shape index (κ2) is 7.25. The van der Waals surface area contributed by atoms with Crippen molar-refractivity contribution in [2.75, 3.05) is 13.1 Å². The molecule has 4 nitrogen and oxygen atoms in total. The zero-order valence-corrected chi connectivity index (χ0v) is 10.4. The smallest absolute Gasteiger partial charge is 0.221 e. The summed E-state index contributed by atoms with van der Waals surface area (Å²) in [6.45, 7) is 5.57. The zero-order chi connectivity index (χ0) is 11.8. The lowest BCUT2D eigenvalue weighted by Crippen LogP contribution is -2.34. The number of amidine groups is 1. The first kappa shape index (κ1) is 13.0. The van der Waals surface area contributed by atoms with Gasteiger partial charge in [-0.1, -0.05) is 6.42 Å². The van der Waals surface area contributed by atoms with E-state index in [4.69, 9.17) is 0 Å². The van der Waals surface area contributed by atoms with Crippen molar-refractivity contribution in [1.29, 1.82) is 0 Å². The van der Waals surface area contributed by atoms with Gasteiger partial charge in [0.15, 0.2) is 0 Å². The molecule has 1 heterocycles. The maximum absolute atomic E-state index is 11.4. The topological polar surface area (TPSA) is 53.5 Å². The summed E-state index contributed by atoms with van der Waals surface area (Å²) in [6, 6.07) is 0.225. The van der Waals surface area contributed by atoms with Crippen molar-refractivity contribution in [1.82, 2.24) is 10.6 Å². The van der Waals surface area contributed by atoms with E-state index >= 15 is 0 Å². The fraction of sp³-hybridized carbons (Fsp3) is 0.833. The summed E-state index contributed by atoms with van der Waals surface area (Å²) in [6.07, 6.45) is 5.23. The monoisotopic (exact) mass is 225 g/mol. The molecule has 0 saturated carbocycles. The Morgan fingerprint density at radius 2 is 2.19 bits per heavy atom. The van der Waals surface area contributed by atoms with Crippen LogP contribution in [0, 0.1) is 0 Å². The molecular weight excluding hydrogens is 202 g/mol. The van der Waals surface area contributed by atoms with Gasteiger partial charge in [0.25, 0.3) is 0 Å². The van der Waals surface area contributed by atoms with E-state index in [2.05, 4.69) is 15.6 Å². The molecule has 0 aliphatic carbocycles. The summed E-state index contributed by atoms with van der Waals surface area (Å²) in [4.78, 5) is 15.8. The second-order valence-electron chi connectivity index (χ2n) is 4.54. The van der Waals surface area contributed by atoms with Gasteiger partial charge in [-0.25, -0.2) is 0 Å². The third-order valence-corrected chi connectivity index (χ3v) is 2.51. The van der Waals surface area contributed by atoms with Gasteiger partial charge in [0, 0.05) is 32.0 Å². The van der Waals surface area contributed by atoms with E-state index in [1.165, 1.54) is 19.3 Å². The van der Waals surface area contributed by atoms with Gasteiger partial charge in [-0.3, -0.25) is 9.79 Å². The van der Waals surface area contributed by atoms with E-state index < -0.39 is 0 Å². The molecule has 2 N–H and O–H groups in total. The summed E-state index contributed by atoms with van der Waals surface area (Å²) >= 11 is 0. The molecule has 1 amide bonds. The van der Waals surface area contributed by atoms with Crippen molar-refractivity contribution in [3.05, 3.63) is 0 Å². The van der Waals surface area contributed by atoms with Gasteiger partial charge in [0.2, 0.25) is 5.91 Å². The second-order valence-corrected chi connectivity index (χ2v) is 4.54. The molecule has 16 heavy (non-hydrogen) atoms. The van der Waals surface area contributed by atoms with Crippen LogP contribution in [0.25, 0.3) is 0 Å². The van der Waals surface area contributed by atoms with E-state index in [9.17, 15) is 4.79 Å². The van der Waals surface area contributed by atoms with Crippen molar-refractivity contribution < 1.29 is 4.79 Å². The molecule has 1 rings (SSSR count).